The van der Waals surface area contributed by atoms with Crippen molar-refractivity contribution in [3.05, 3.63) is 142 Å². The highest BCUT2D eigenvalue weighted by Crippen LogP contribution is 2.48. The van der Waals surface area contributed by atoms with Crippen LogP contribution in [-0.2, 0) is 27.8 Å². The van der Waals surface area contributed by atoms with Crippen molar-refractivity contribution in [3.63, 3.8) is 0 Å². The molecule has 0 bridgehead atoms. The lowest BCUT2D eigenvalue weighted by Crippen LogP contribution is -2.16. The van der Waals surface area contributed by atoms with Crippen LogP contribution in [-0.4, -0.2) is 9.13 Å². The summed E-state index contributed by atoms with van der Waals surface area (Å²) in [5, 5.41) is 2.98. The SMILES string of the molecule is CC(C)(C)c1ccc2c(c1)c1cc(C(C)(C)C)ccc1n2-c1cc(-c2c(F)cc(F)cc2F)cc(-n2c3ccc(C(C)(C)C)cc3c3cc(C(C)(C)C)ccc32)c1C(F)(F)F. The summed E-state index contributed by atoms with van der Waals surface area (Å²) in [5.74, 6) is -3.59. The van der Waals surface area contributed by atoms with Gasteiger partial charge in [-0.05, 0) is 110 Å². The van der Waals surface area contributed by atoms with E-state index < -0.39 is 34.8 Å². The van der Waals surface area contributed by atoms with E-state index in [-0.39, 0.29) is 38.6 Å². The van der Waals surface area contributed by atoms with Gasteiger partial charge in [-0.1, -0.05) is 107 Å². The van der Waals surface area contributed by atoms with Gasteiger partial charge in [0.05, 0.1) is 39.0 Å². The molecule has 0 N–H and O–H groups in total. The third-order valence-corrected chi connectivity index (χ3v) is 12.2. The number of hydrogen-bond acceptors (Lipinski definition) is 0. The Morgan fingerprint density at radius 2 is 0.656 bits per heavy atom. The van der Waals surface area contributed by atoms with E-state index in [0.717, 1.165) is 43.8 Å². The highest BCUT2D eigenvalue weighted by Gasteiger charge is 2.40. The van der Waals surface area contributed by atoms with Crippen LogP contribution in [0.25, 0.3) is 66.1 Å². The molecule has 8 aromatic rings. The van der Waals surface area contributed by atoms with Crippen molar-refractivity contribution < 1.29 is 26.3 Å². The van der Waals surface area contributed by atoms with Crippen LogP contribution in [0.3, 0.4) is 0 Å². The van der Waals surface area contributed by atoms with E-state index in [9.17, 15) is 4.39 Å². The maximum atomic E-state index is 16.5. The van der Waals surface area contributed by atoms with Gasteiger partial charge < -0.3 is 9.13 Å². The molecule has 0 radical (unpaired) electrons. The molecular formula is C53H52F6N2. The van der Waals surface area contributed by atoms with E-state index >= 15 is 22.0 Å². The van der Waals surface area contributed by atoms with E-state index in [4.69, 9.17) is 0 Å². The predicted molar refractivity (Wildman–Crippen MR) is 240 cm³/mol. The first kappa shape index (κ1) is 42.2. The molecule has 0 saturated carbocycles. The minimum atomic E-state index is -4.98. The average Bonchev–Trinajstić information content (AvgIpc) is 3.63. The normalized spacial score (nSPS) is 13.4. The summed E-state index contributed by atoms with van der Waals surface area (Å²) in [6.45, 7) is 25.0. The Hall–Kier alpha value is -5.50. The Labute approximate surface area is 353 Å². The molecule has 0 aliphatic carbocycles. The van der Waals surface area contributed by atoms with Crippen LogP contribution in [0.2, 0.25) is 0 Å². The fourth-order valence-corrected chi connectivity index (χ4v) is 8.65. The quantitative estimate of drug-likeness (QED) is 0.157. The van der Waals surface area contributed by atoms with Crippen molar-refractivity contribution in [3.8, 4) is 22.5 Å². The Kier molecular flexibility index (Phi) is 9.51. The maximum absolute atomic E-state index is 16.5. The third kappa shape index (κ3) is 7.19. The van der Waals surface area contributed by atoms with Crippen molar-refractivity contribution in [1.29, 1.82) is 0 Å². The van der Waals surface area contributed by atoms with Crippen molar-refractivity contribution in [1.82, 2.24) is 9.13 Å². The average molecular weight is 831 g/mol. The molecule has 0 amide bonds. The number of aromatic nitrogens is 2. The largest absolute Gasteiger partial charge is 0.420 e. The Morgan fingerprint density at radius 1 is 0.377 bits per heavy atom. The van der Waals surface area contributed by atoms with Crippen molar-refractivity contribution in [2.45, 2.75) is 111 Å². The summed E-state index contributed by atoms with van der Waals surface area (Å²) < 4.78 is 99.1. The summed E-state index contributed by atoms with van der Waals surface area (Å²) in [4.78, 5) is 0. The zero-order valence-corrected chi connectivity index (χ0v) is 36.9. The van der Waals surface area contributed by atoms with Gasteiger partial charge in [-0.2, -0.15) is 13.2 Å². The molecule has 0 spiro atoms. The lowest BCUT2D eigenvalue weighted by atomic mass is 9.85. The molecule has 2 heterocycles. The molecule has 0 unspecified atom stereocenters. The summed E-state index contributed by atoms with van der Waals surface area (Å²) in [7, 11) is 0. The molecule has 0 aliphatic heterocycles. The van der Waals surface area contributed by atoms with E-state index in [2.05, 4.69) is 83.1 Å². The van der Waals surface area contributed by atoms with Crippen LogP contribution in [0.4, 0.5) is 26.3 Å². The van der Waals surface area contributed by atoms with Gasteiger partial charge in [0.2, 0.25) is 0 Å². The number of nitrogens with zero attached hydrogens (tertiary/aromatic N) is 2. The van der Waals surface area contributed by atoms with Crippen molar-refractivity contribution in [2.75, 3.05) is 0 Å². The zero-order chi connectivity index (χ0) is 44.5. The van der Waals surface area contributed by atoms with Crippen LogP contribution in [0.1, 0.15) is 111 Å². The molecule has 8 rings (SSSR count). The molecular weight excluding hydrogens is 779 g/mol. The number of rotatable bonds is 3. The smallest absolute Gasteiger partial charge is 0.309 e. The molecule has 0 saturated heterocycles. The van der Waals surface area contributed by atoms with Gasteiger partial charge in [0.1, 0.15) is 23.0 Å². The molecule has 6 aromatic carbocycles. The van der Waals surface area contributed by atoms with Crippen LogP contribution in [0.5, 0.6) is 0 Å². The Morgan fingerprint density at radius 3 is 0.902 bits per heavy atom. The van der Waals surface area contributed by atoms with Gasteiger partial charge in [-0.15, -0.1) is 0 Å². The Balaban J connectivity index is 1.61. The minimum Gasteiger partial charge on any atom is -0.309 e. The first-order valence-corrected chi connectivity index (χ1v) is 20.7. The summed E-state index contributed by atoms with van der Waals surface area (Å²) in [6, 6.07) is 26.7. The second-order valence-electron chi connectivity index (χ2n) is 20.7. The molecule has 0 aliphatic rings. The van der Waals surface area contributed by atoms with Crippen LogP contribution in [0.15, 0.2) is 97.1 Å². The number of halogens is 6. The number of alkyl halides is 3. The van der Waals surface area contributed by atoms with Crippen LogP contribution >= 0.6 is 0 Å². The van der Waals surface area contributed by atoms with Crippen molar-refractivity contribution >= 4 is 43.6 Å². The highest BCUT2D eigenvalue weighted by atomic mass is 19.4. The third-order valence-electron chi connectivity index (χ3n) is 12.2. The predicted octanol–water partition coefficient (Wildman–Crippen LogP) is 16.2. The molecule has 0 atom stereocenters. The van der Waals surface area contributed by atoms with Gasteiger partial charge in [-0.3, -0.25) is 0 Å². The topological polar surface area (TPSA) is 9.86 Å². The fraction of sp³-hybridized carbons (Fsp3) is 0.321. The minimum absolute atomic E-state index is 0.173. The maximum Gasteiger partial charge on any atom is 0.420 e. The summed E-state index contributed by atoms with van der Waals surface area (Å²) >= 11 is 0. The first-order valence-electron chi connectivity index (χ1n) is 20.7. The van der Waals surface area contributed by atoms with Gasteiger partial charge in [-0.25, -0.2) is 13.2 Å². The van der Waals surface area contributed by atoms with Crippen LogP contribution < -0.4 is 0 Å². The van der Waals surface area contributed by atoms with E-state index in [1.165, 1.54) is 12.1 Å². The summed E-state index contributed by atoms with van der Waals surface area (Å²) in [5.41, 5.74) is 2.44. The fourth-order valence-electron chi connectivity index (χ4n) is 8.65. The van der Waals surface area contributed by atoms with Gasteiger partial charge in [0, 0.05) is 33.7 Å². The molecule has 0 fully saturated rings. The standard InChI is InChI=1S/C53H52F6N2/c1-49(2,3)30-13-17-41-35(23-30)36-24-31(50(4,5)6)14-18-42(36)60(41)45-21-29(47-39(55)27-34(54)28-40(47)56)22-46(48(45)53(57,58)59)61-43-19-15-32(51(7,8)9)25-37(43)38-26-33(52(10,11)12)16-20-44(38)61/h13-28H,1-12H3. The second-order valence-corrected chi connectivity index (χ2v) is 20.7. The number of fused-ring (bicyclic) bond motifs is 6. The zero-order valence-electron chi connectivity index (χ0n) is 36.9. The molecule has 2 aromatic heterocycles. The van der Waals surface area contributed by atoms with Gasteiger partial charge in [0.25, 0.3) is 0 Å². The van der Waals surface area contributed by atoms with Crippen molar-refractivity contribution in [2.24, 2.45) is 0 Å². The molecule has 2 nitrogen and oxygen atoms in total. The highest BCUT2D eigenvalue weighted by molar-refractivity contribution is 6.12. The van der Waals surface area contributed by atoms with E-state index in [1.807, 2.05) is 72.8 Å². The van der Waals surface area contributed by atoms with Gasteiger partial charge >= 0.3 is 6.18 Å². The first-order chi connectivity index (χ1) is 28.1. The molecule has 8 heteroatoms. The second kappa shape index (κ2) is 13.8. The Bertz CT molecular complexity index is 2740. The molecule has 316 valence electrons. The van der Waals surface area contributed by atoms with E-state index in [1.54, 1.807) is 9.13 Å². The molecule has 61 heavy (non-hydrogen) atoms. The van der Waals surface area contributed by atoms with E-state index in [0.29, 0.717) is 34.2 Å². The lowest BCUT2D eigenvalue weighted by molar-refractivity contribution is -0.137. The monoisotopic (exact) mass is 830 g/mol. The number of benzene rings is 6. The lowest BCUT2D eigenvalue weighted by Gasteiger charge is -2.24. The van der Waals surface area contributed by atoms with Gasteiger partial charge in [0.15, 0.2) is 0 Å². The van der Waals surface area contributed by atoms with Crippen LogP contribution in [0, 0.1) is 17.5 Å². The number of hydrogen-bond donors (Lipinski definition) is 0. The summed E-state index contributed by atoms with van der Waals surface area (Å²) in [6.07, 6.45) is -4.98.